The first kappa shape index (κ1) is 18.4. The maximum Gasteiger partial charge on any atom is 0.228 e. The Morgan fingerprint density at radius 3 is 2.16 bits per heavy atom. The van der Waals surface area contributed by atoms with Crippen LogP contribution >= 0.6 is 0 Å². The maximum absolute atomic E-state index is 7.14. The smallest absolute Gasteiger partial charge is 0.228 e. The third kappa shape index (κ3) is 2.26. The Bertz CT molecular complexity index is 1370. The second-order valence-electron chi connectivity index (χ2n) is 9.12. The van der Waals surface area contributed by atoms with Crippen molar-refractivity contribution in [2.75, 3.05) is 11.4 Å². The Morgan fingerprint density at radius 1 is 0.806 bits per heavy atom. The zero-order chi connectivity index (χ0) is 21.2. The predicted molar refractivity (Wildman–Crippen MR) is 130 cm³/mol. The number of aliphatic imine (C=N–C) groups is 1. The minimum Gasteiger partial charge on any atom is -0.459 e. The van der Waals surface area contributed by atoms with E-state index < -0.39 is 5.72 Å². The predicted octanol–water partition coefficient (Wildman–Crippen LogP) is 6.99. The van der Waals surface area contributed by atoms with Crippen molar-refractivity contribution < 1.29 is 4.74 Å². The molecule has 2 aliphatic heterocycles. The van der Waals surface area contributed by atoms with Gasteiger partial charge in [-0.2, -0.15) is 0 Å². The topological polar surface area (TPSA) is 24.8 Å². The molecule has 2 heterocycles. The van der Waals surface area contributed by atoms with E-state index in [0.717, 1.165) is 35.2 Å². The third-order valence-electron chi connectivity index (χ3n) is 7.10. The quantitative estimate of drug-likeness (QED) is 0.335. The molecule has 31 heavy (non-hydrogen) atoms. The van der Waals surface area contributed by atoms with Gasteiger partial charge < -0.3 is 9.64 Å². The number of rotatable bonds is 2. The summed E-state index contributed by atoms with van der Waals surface area (Å²) in [6, 6.07) is 25.7. The van der Waals surface area contributed by atoms with E-state index in [1.807, 2.05) is 0 Å². The van der Waals surface area contributed by atoms with Crippen LogP contribution in [0, 0.1) is 0 Å². The van der Waals surface area contributed by atoms with E-state index in [9.17, 15) is 0 Å². The lowest BCUT2D eigenvalue weighted by molar-refractivity contribution is 0.0795. The van der Waals surface area contributed by atoms with E-state index in [1.165, 1.54) is 22.0 Å². The Balaban J connectivity index is 1.66. The second-order valence-corrected chi connectivity index (χ2v) is 9.12. The number of hydrogen-bond donors (Lipinski definition) is 0. The van der Waals surface area contributed by atoms with Crippen LogP contribution in [0.1, 0.15) is 32.8 Å². The number of ether oxygens (including phenoxy) is 1. The molecule has 1 unspecified atom stereocenters. The van der Waals surface area contributed by atoms with Crippen LogP contribution in [-0.4, -0.2) is 18.5 Å². The molecule has 0 amide bonds. The van der Waals surface area contributed by atoms with Gasteiger partial charge in [0.25, 0.3) is 0 Å². The molecule has 0 bridgehead atoms. The Hall–Kier alpha value is -3.33. The largest absolute Gasteiger partial charge is 0.459 e. The molecule has 0 radical (unpaired) electrons. The summed E-state index contributed by atoms with van der Waals surface area (Å²) in [5.41, 5.74) is 2.57. The molecule has 6 rings (SSSR count). The first-order valence-electron chi connectivity index (χ1n) is 11.1. The number of anilines is 1. The van der Waals surface area contributed by atoms with Gasteiger partial charge in [0.1, 0.15) is 5.69 Å². The minimum absolute atomic E-state index is 0.257. The summed E-state index contributed by atoms with van der Waals surface area (Å²) in [4.78, 5) is 7.54. The first-order chi connectivity index (χ1) is 15.1. The summed E-state index contributed by atoms with van der Waals surface area (Å²) in [6.45, 7) is 7.69. The molecular weight excluding hydrogens is 380 g/mol. The van der Waals surface area contributed by atoms with Crippen molar-refractivity contribution in [3.8, 4) is 5.75 Å². The summed E-state index contributed by atoms with van der Waals surface area (Å²) in [5.74, 6) is 0.888. The Morgan fingerprint density at radius 2 is 1.42 bits per heavy atom. The van der Waals surface area contributed by atoms with Crippen LogP contribution in [0.15, 0.2) is 77.8 Å². The minimum atomic E-state index is -0.662. The van der Waals surface area contributed by atoms with Crippen LogP contribution in [0.4, 0.5) is 11.4 Å². The first-order valence-corrected chi connectivity index (χ1v) is 11.1. The summed E-state index contributed by atoms with van der Waals surface area (Å²) >= 11 is 0. The highest BCUT2D eigenvalue weighted by atomic mass is 16.5. The molecule has 154 valence electrons. The van der Waals surface area contributed by atoms with Crippen LogP contribution in [-0.2, 0) is 5.41 Å². The number of benzene rings is 4. The van der Waals surface area contributed by atoms with Gasteiger partial charge in [0, 0.05) is 23.0 Å². The maximum atomic E-state index is 7.14. The summed E-state index contributed by atoms with van der Waals surface area (Å²) in [7, 11) is 0. The van der Waals surface area contributed by atoms with Crippen LogP contribution in [0.25, 0.3) is 21.5 Å². The molecule has 3 heteroatoms. The van der Waals surface area contributed by atoms with E-state index in [0.29, 0.717) is 0 Å². The lowest BCUT2D eigenvalue weighted by atomic mass is 9.77. The fourth-order valence-electron chi connectivity index (χ4n) is 5.53. The molecule has 4 aromatic carbocycles. The van der Waals surface area contributed by atoms with E-state index in [-0.39, 0.29) is 5.41 Å². The molecule has 0 aromatic heterocycles. The van der Waals surface area contributed by atoms with Gasteiger partial charge in [0.15, 0.2) is 5.75 Å². The Kier molecular flexibility index (Phi) is 3.77. The molecule has 0 N–H and O–H groups in total. The fraction of sp³-hybridized carbons (Fsp3) is 0.250. The number of nitrogens with zero attached hydrogens (tertiary/aromatic N) is 2. The van der Waals surface area contributed by atoms with Gasteiger partial charge in [0.05, 0.1) is 11.6 Å². The molecule has 0 fully saturated rings. The number of fused-ring (bicyclic) bond motifs is 7. The zero-order valence-electron chi connectivity index (χ0n) is 18.2. The molecule has 1 atom stereocenters. The fourth-order valence-corrected chi connectivity index (χ4v) is 5.53. The van der Waals surface area contributed by atoms with Crippen LogP contribution < -0.4 is 9.64 Å². The summed E-state index contributed by atoms with van der Waals surface area (Å²) < 4.78 is 7.14. The molecule has 4 aromatic rings. The standard InChI is InChI=1S/C28H26N2O/c1-4-17-30-24-16-10-9-15-23(24)27(2,3)28(30)18-29-25-21-13-7-5-11-19(21)20-12-6-8-14-22(20)26(25)31-28/h5-16,18H,4,17H2,1-3H3. The summed E-state index contributed by atoms with van der Waals surface area (Å²) in [5, 5.41) is 4.68. The van der Waals surface area contributed by atoms with Crippen LogP contribution in [0.5, 0.6) is 5.75 Å². The third-order valence-corrected chi connectivity index (χ3v) is 7.10. The van der Waals surface area contributed by atoms with Crippen LogP contribution in [0.2, 0.25) is 0 Å². The van der Waals surface area contributed by atoms with E-state index in [4.69, 9.17) is 9.73 Å². The van der Waals surface area contributed by atoms with Gasteiger partial charge >= 0.3 is 0 Å². The van der Waals surface area contributed by atoms with Crippen molar-refractivity contribution in [1.29, 1.82) is 0 Å². The molecule has 0 saturated heterocycles. The molecule has 2 aliphatic rings. The highest BCUT2D eigenvalue weighted by Crippen LogP contribution is 2.56. The van der Waals surface area contributed by atoms with Crippen molar-refractivity contribution in [2.24, 2.45) is 4.99 Å². The number of hydrogen-bond acceptors (Lipinski definition) is 3. The van der Waals surface area contributed by atoms with E-state index in [2.05, 4.69) is 105 Å². The van der Waals surface area contributed by atoms with E-state index in [1.54, 1.807) is 0 Å². The molecule has 1 spiro atoms. The zero-order valence-corrected chi connectivity index (χ0v) is 18.2. The molecule has 0 saturated carbocycles. The average molecular weight is 407 g/mol. The van der Waals surface area contributed by atoms with Gasteiger partial charge in [-0.1, -0.05) is 73.7 Å². The number of para-hydroxylation sites is 1. The monoisotopic (exact) mass is 406 g/mol. The lowest BCUT2D eigenvalue weighted by Crippen LogP contribution is -2.62. The summed E-state index contributed by atoms with van der Waals surface area (Å²) in [6.07, 6.45) is 3.10. The SMILES string of the molecule is CCCN1c2ccccc2C(C)(C)C12C=Nc1c(c3ccccc3c3ccccc13)O2. The van der Waals surface area contributed by atoms with Crippen molar-refractivity contribution in [3.05, 3.63) is 78.4 Å². The van der Waals surface area contributed by atoms with Crippen molar-refractivity contribution in [1.82, 2.24) is 0 Å². The van der Waals surface area contributed by atoms with Crippen molar-refractivity contribution >= 4 is 39.1 Å². The van der Waals surface area contributed by atoms with Crippen molar-refractivity contribution in [3.63, 3.8) is 0 Å². The van der Waals surface area contributed by atoms with Gasteiger partial charge in [-0.25, -0.2) is 0 Å². The van der Waals surface area contributed by atoms with E-state index >= 15 is 0 Å². The normalized spacial score (nSPS) is 20.8. The van der Waals surface area contributed by atoms with Gasteiger partial charge in [-0.15, -0.1) is 0 Å². The highest BCUT2D eigenvalue weighted by molar-refractivity contribution is 6.17. The van der Waals surface area contributed by atoms with Gasteiger partial charge in [-0.3, -0.25) is 4.99 Å². The molecular formula is C28H26N2O. The lowest BCUT2D eigenvalue weighted by Gasteiger charge is -2.46. The van der Waals surface area contributed by atoms with Gasteiger partial charge in [-0.05, 0) is 42.7 Å². The Labute approximate surface area is 183 Å². The van der Waals surface area contributed by atoms with Crippen molar-refractivity contribution in [2.45, 2.75) is 38.3 Å². The van der Waals surface area contributed by atoms with Crippen LogP contribution in [0.3, 0.4) is 0 Å². The average Bonchev–Trinajstić information content (AvgIpc) is 2.98. The molecule has 0 aliphatic carbocycles. The van der Waals surface area contributed by atoms with Gasteiger partial charge in [0.2, 0.25) is 5.72 Å². The highest BCUT2D eigenvalue weighted by Gasteiger charge is 2.59. The molecule has 3 nitrogen and oxygen atoms in total. The second kappa shape index (κ2) is 6.34.